The van der Waals surface area contributed by atoms with Gasteiger partial charge in [0.1, 0.15) is 0 Å². The van der Waals surface area contributed by atoms with Crippen LogP contribution < -0.4 is 4.90 Å². The summed E-state index contributed by atoms with van der Waals surface area (Å²) in [6, 6.07) is 9.53. The van der Waals surface area contributed by atoms with Gasteiger partial charge in [-0.3, -0.25) is 14.6 Å². The lowest BCUT2D eigenvalue weighted by molar-refractivity contribution is -0.147. The average Bonchev–Trinajstić information content (AvgIpc) is 2.85. The van der Waals surface area contributed by atoms with Gasteiger partial charge in [0, 0.05) is 30.4 Å². The maximum atomic E-state index is 13.9. The van der Waals surface area contributed by atoms with E-state index in [1.807, 2.05) is 35.2 Å². The molecule has 2 saturated carbocycles. The molecule has 5 rings (SSSR count). The fourth-order valence-corrected chi connectivity index (χ4v) is 8.50. The summed E-state index contributed by atoms with van der Waals surface area (Å²) < 4.78 is 0. The van der Waals surface area contributed by atoms with Crippen molar-refractivity contribution in [1.82, 2.24) is 9.80 Å². The first-order valence-corrected chi connectivity index (χ1v) is 14.8. The number of amides is 1. The highest BCUT2D eigenvalue weighted by molar-refractivity contribution is 6.09. The van der Waals surface area contributed by atoms with Gasteiger partial charge in [-0.2, -0.15) is 0 Å². The van der Waals surface area contributed by atoms with E-state index in [0.29, 0.717) is 18.0 Å². The van der Waals surface area contributed by atoms with Gasteiger partial charge in [0.15, 0.2) is 6.04 Å². The highest BCUT2D eigenvalue weighted by Gasteiger charge is 2.47. The number of anilines is 1. The van der Waals surface area contributed by atoms with Crippen LogP contribution in [0, 0.1) is 29.6 Å². The molecular weight excluding hydrogens is 462 g/mol. The molecule has 9 atom stereocenters. The molecule has 204 valence electrons. The molecule has 37 heavy (non-hydrogen) atoms. The van der Waals surface area contributed by atoms with E-state index in [2.05, 4.69) is 18.7 Å². The second-order valence-electron chi connectivity index (χ2n) is 13.1. The Morgan fingerprint density at radius 3 is 2.38 bits per heavy atom. The Bertz CT molecular complexity index is 952. The zero-order valence-electron chi connectivity index (χ0n) is 23.3. The number of aliphatic carboxylic acids is 1. The minimum atomic E-state index is -1.18. The average molecular weight is 510 g/mol. The third kappa shape index (κ3) is 5.47. The van der Waals surface area contributed by atoms with E-state index in [1.165, 1.54) is 56.4 Å². The summed E-state index contributed by atoms with van der Waals surface area (Å²) in [5.41, 5.74) is 0.818. The van der Waals surface area contributed by atoms with Gasteiger partial charge in [0.25, 0.3) is 5.91 Å². The second-order valence-corrected chi connectivity index (χ2v) is 13.1. The molecule has 2 heterocycles. The monoisotopic (exact) mass is 509 g/mol. The maximum Gasteiger partial charge on any atom is 0.330 e. The first-order chi connectivity index (χ1) is 17.7. The van der Waals surface area contributed by atoms with Crippen LogP contribution in [0.15, 0.2) is 30.3 Å². The van der Waals surface area contributed by atoms with E-state index in [-0.39, 0.29) is 11.9 Å². The number of likely N-dealkylation sites (N-methyl/N-ethyl adjacent to an activating group) is 1. The van der Waals surface area contributed by atoms with Crippen molar-refractivity contribution >= 4 is 17.6 Å². The Labute approximate surface area is 223 Å². The van der Waals surface area contributed by atoms with Gasteiger partial charge in [-0.15, -0.1) is 0 Å². The van der Waals surface area contributed by atoms with Gasteiger partial charge < -0.3 is 10.0 Å². The molecule has 0 aromatic heterocycles. The lowest BCUT2D eigenvalue weighted by Crippen LogP contribution is -2.63. The first kappa shape index (κ1) is 26.7. The van der Waals surface area contributed by atoms with Crippen molar-refractivity contribution < 1.29 is 14.7 Å². The number of benzene rings is 1. The van der Waals surface area contributed by atoms with Gasteiger partial charge in [0.2, 0.25) is 0 Å². The number of carboxylic acid groups (broad SMARTS) is 1. The third-order valence-corrected chi connectivity index (χ3v) is 10.4. The smallest absolute Gasteiger partial charge is 0.330 e. The van der Waals surface area contributed by atoms with Crippen molar-refractivity contribution in [3.8, 4) is 0 Å². The van der Waals surface area contributed by atoms with Gasteiger partial charge in [-0.05, 0) is 101 Å². The Balaban J connectivity index is 1.38. The van der Waals surface area contributed by atoms with Crippen molar-refractivity contribution in [3.63, 3.8) is 0 Å². The number of carbonyl (C=O) groups is 2. The molecule has 1 amide bonds. The number of piperidine rings is 2. The van der Waals surface area contributed by atoms with E-state index >= 15 is 0 Å². The summed E-state index contributed by atoms with van der Waals surface area (Å²) in [7, 11) is 3.36. The summed E-state index contributed by atoms with van der Waals surface area (Å²) in [5.74, 6) is 2.72. The fourth-order valence-electron chi connectivity index (χ4n) is 8.50. The number of hydrogen-bond donors (Lipinski definition) is 1. The number of nitrogens with zero attached hydrogens (tertiary/aromatic N) is 3. The lowest BCUT2D eigenvalue weighted by atomic mass is 9.63. The number of fused-ring (bicyclic) bond motifs is 4. The number of carbonyl (C=O) groups excluding carboxylic acids is 1. The van der Waals surface area contributed by atoms with Crippen molar-refractivity contribution in [2.75, 3.05) is 25.5 Å². The molecule has 1 aromatic rings. The SMILES string of the molecule is CC1CCC2CC(CN3C4CCC(C)C3CC(N(C(=O)C(C(=O)O)N(C)C)c3ccccc3)C4)CC1C2. The number of rotatable bonds is 7. The molecule has 2 aliphatic carbocycles. The highest BCUT2D eigenvalue weighted by Crippen LogP contribution is 2.47. The van der Waals surface area contributed by atoms with Crippen LogP contribution in [0.4, 0.5) is 5.69 Å². The number of para-hydroxylation sites is 1. The molecule has 0 radical (unpaired) electrons. The summed E-state index contributed by atoms with van der Waals surface area (Å²) >= 11 is 0. The van der Waals surface area contributed by atoms with Crippen LogP contribution in [-0.4, -0.2) is 71.6 Å². The van der Waals surface area contributed by atoms with E-state index in [1.54, 1.807) is 14.1 Å². The summed E-state index contributed by atoms with van der Waals surface area (Å²) in [4.78, 5) is 32.2. The standard InChI is InChI=1S/C31H47N3O3/c1-20-10-12-22-14-23(16-24(20)15-22)19-33-26-13-11-21(2)28(33)18-27(17-26)34(25-8-6-5-7-9-25)30(35)29(31(36)37)32(3)4/h5-9,20-24,26-29H,10-19H2,1-4H3,(H,36,37). The van der Waals surface area contributed by atoms with Crippen LogP contribution in [0.5, 0.6) is 0 Å². The fraction of sp³-hybridized carbons (Fsp3) is 0.742. The summed E-state index contributed by atoms with van der Waals surface area (Å²) in [5, 5.41) is 9.93. The van der Waals surface area contributed by atoms with E-state index in [4.69, 9.17) is 0 Å². The molecule has 4 fully saturated rings. The van der Waals surface area contributed by atoms with Gasteiger partial charge in [-0.1, -0.05) is 44.9 Å². The topological polar surface area (TPSA) is 64.1 Å². The summed E-state index contributed by atoms with van der Waals surface area (Å²) in [6.45, 7) is 6.07. The van der Waals surface area contributed by atoms with Crippen LogP contribution in [0.3, 0.4) is 0 Å². The Morgan fingerprint density at radius 1 is 0.946 bits per heavy atom. The normalized spacial score (nSPS) is 36.7. The maximum absolute atomic E-state index is 13.9. The van der Waals surface area contributed by atoms with E-state index < -0.39 is 12.0 Å². The molecule has 2 saturated heterocycles. The Morgan fingerprint density at radius 2 is 1.68 bits per heavy atom. The molecule has 6 heteroatoms. The zero-order valence-corrected chi connectivity index (χ0v) is 23.3. The summed E-state index contributed by atoms with van der Waals surface area (Å²) in [6.07, 6.45) is 11.4. The molecule has 9 unspecified atom stereocenters. The molecule has 2 aliphatic heterocycles. The predicted molar refractivity (Wildman–Crippen MR) is 147 cm³/mol. The van der Waals surface area contributed by atoms with E-state index in [0.717, 1.165) is 42.2 Å². The van der Waals surface area contributed by atoms with Gasteiger partial charge >= 0.3 is 5.97 Å². The third-order valence-electron chi connectivity index (χ3n) is 10.4. The minimum Gasteiger partial charge on any atom is -0.480 e. The molecular formula is C31H47N3O3. The van der Waals surface area contributed by atoms with Crippen LogP contribution in [-0.2, 0) is 9.59 Å². The predicted octanol–water partition coefficient (Wildman–Crippen LogP) is 5.13. The molecule has 0 spiro atoms. The largest absolute Gasteiger partial charge is 0.480 e. The molecule has 1 N–H and O–H groups in total. The van der Waals surface area contributed by atoms with Crippen LogP contribution in [0.1, 0.15) is 71.6 Å². The second kappa shape index (κ2) is 11.1. The lowest BCUT2D eigenvalue weighted by Gasteiger charge is -2.55. The molecule has 1 aromatic carbocycles. The molecule has 4 bridgehead atoms. The number of hydrogen-bond acceptors (Lipinski definition) is 4. The highest BCUT2D eigenvalue weighted by atomic mass is 16.4. The van der Waals surface area contributed by atoms with Gasteiger partial charge in [-0.25, -0.2) is 4.79 Å². The molecule has 6 nitrogen and oxygen atoms in total. The Kier molecular flexibility index (Phi) is 7.97. The van der Waals surface area contributed by atoms with Crippen molar-refractivity contribution in [2.24, 2.45) is 29.6 Å². The van der Waals surface area contributed by atoms with Gasteiger partial charge in [0.05, 0.1) is 0 Å². The van der Waals surface area contributed by atoms with Crippen molar-refractivity contribution in [2.45, 2.75) is 95.8 Å². The Hall–Kier alpha value is -1.92. The van der Waals surface area contributed by atoms with Crippen molar-refractivity contribution in [1.29, 1.82) is 0 Å². The minimum absolute atomic E-state index is 0.0245. The van der Waals surface area contributed by atoms with Crippen LogP contribution in [0.25, 0.3) is 0 Å². The van der Waals surface area contributed by atoms with Crippen LogP contribution >= 0.6 is 0 Å². The van der Waals surface area contributed by atoms with Crippen LogP contribution in [0.2, 0.25) is 0 Å². The molecule has 4 aliphatic rings. The number of carboxylic acids is 1. The van der Waals surface area contributed by atoms with Crippen molar-refractivity contribution in [3.05, 3.63) is 30.3 Å². The van der Waals surface area contributed by atoms with E-state index in [9.17, 15) is 14.7 Å². The zero-order chi connectivity index (χ0) is 26.3. The quantitative estimate of drug-likeness (QED) is 0.517. The first-order valence-electron chi connectivity index (χ1n) is 14.8.